The van der Waals surface area contributed by atoms with Gasteiger partial charge in [-0.05, 0) is 31.2 Å². The topological polar surface area (TPSA) is 46.3 Å². The number of nitrogens with zero attached hydrogens (tertiary/aromatic N) is 2. The van der Waals surface area contributed by atoms with Crippen LogP contribution in [0.1, 0.15) is 11.5 Å². The molecule has 3 rings (SSSR count). The van der Waals surface area contributed by atoms with Crippen molar-refractivity contribution in [2.75, 3.05) is 4.90 Å². The Bertz CT molecular complexity index is 707. The second-order valence-corrected chi connectivity index (χ2v) is 5.85. The molecule has 0 atom stereocenters. The van der Waals surface area contributed by atoms with E-state index < -0.39 is 0 Å². The van der Waals surface area contributed by atoms with Crippen LogP contribution in [0.25, 0.3) is 6.08 Å². The zero-order valence-corrected chi connectivity index (χ0v) is 12.2. The normalized spacial score (nSPS) is 17.2. The fraction of sp³-hybridized carbons (Fsp3) is 0.0714. The minimum atomic E-state index is -0.151. The summed E-state index contributed by atoms with van der Waals surface area (Å²) < 4.78 is 5.95. The van der Waals surface area contributed by atoms with Gasteiger partial charge < -0.3 is 4.42 Å². The summed E-state index contributed by atoms with van der Waals surface area (Å²) in [5.74, 6) is 1.30. The molecule has 0 aromatic carbocycles. The molecule has 0 radical (unpaired) electrons. The van der Waals surface area contributed by atoms with Crippen molar-refractivity contribution in [1.82, 2.24) is 4.98 Å². The van der Waals surface area contributed by atoms with Crippen LogP contribution in [-0.4, -0.2) is 15.2 Å². The molecule has 0 N–H and O–H groups in total. The molecule has 2 aromatic rings. The Labute approximate surface area is 125 Å². The molecule has 1 aliphatic heterocycles. The molecule has 1 amide bonds. The van der Waals surface area contributed by atoms with Gasteiger partial charge in [-0.25, -0.2) is 0 Å². The molecule has 0 unspecified atom stereocenters. The van der Waals surface area contributed by atoms with Crippen molar-refractivity contribution in [3.63, 3.8) is 0 Å². The fourth-order valence-electron chi connectivity index (χ4n) is 1.84. The quantitative estimate of drug-likeness (QED) is 0.628. The Morgan fingerprint density at radius 3 is 2.90 bits per heavy atom. The lowest BCUT2D eigenvalue weighted by atomic mass is 10.3. The smallest absolute Gasteiger partial charge is 0.270 e. The second kappa shape index (κ2) is 5.22. The first kappa shape index (κ1) is 13.1. The number of aryl methyl sites for hydroxylation is 1. The van der Waals surface area contributed by atoms with Crippen LogP contribution >= 0.6 is 24.0 Å². The van der Waals surface area contributed by atoms with Gasteiger partial charge in [0.15, 0.2) is 4.32 Å². The third-order valence-electron chi connectivity index (χ3n) is 2.73. The summed E-state index contributed by atoms with van der Waals surface area (Å²) in [5, 5.41) is 0. The number of anilines is 1. The average molecular weight is 302 g/mol. The number of thiocarbonyl (C=S) groups is 1. The minimum Gasteiger partial charge on any atom is -0.462 e. The van der Waals surface area contributed by atoms with E-state index in [0.29, 0.717) is 20.7 Å². The van der Waals surface area contributed by atoms with Crippen LogP contribution in [0, 0.1) is 6.92 Å². The molecule has 1 saturated heterocycles. The molecule has 4 nitrogen and oxygen atoms in total. The average Bonchev–Trinajstić information content (AvgIpc) is 2.96. The molecule has 0 saturated carbocycles. The van der Waals surface area contributed by atoms with Gasteiger partial charge in [-0.3, -0.25) is 14.7 Å². The monoisotopic (exact) mass is 302 g/mol. The molecule has 3 heterocycles. The van der Waals surface area contributed by atoms with Gasteiger partial charge in [0.05, 0.1) is 16.8 Å². The van der Waals surface area contributed by atoms with Gasteiger partial charge in [-0.15, -0.1) is 0 Å². The maximum Gasteiger partial charge on any atom is 0.270 e. The van der Waals surface area contributed by atoms with Crippen LogP contribution in [0.15, 0.2) is 46.0 Å². The first-order chi connectivity index (χ1) is 9.65. The third kappa shape index (κ3) is 2.39. The SMILES string of the molecule is Cc1ccc(C=C2SC(=S)N(c3cccnc3)C2=O)o1. The molecule has 1 aliphatic rings. The number of pyridine rings is 1. The first-order valence-electron chi connectivity index (χ1n) is 5.89. The van der Waals surface area contributed by atoms with Crippen LogP contribution in [-0.2, 0) is 4.79 Å². The molecule has 100 valence electrons. The van der Waals surface area contributed by atoms with Crippen molar-refractivity contribution in [2.45, 2.75) is 6.92 Å². The Kier molecular flexibility index (Phi) is 3.42. The highest BCUT2D eigenvalue weighted by atomic mass is 32.2. The number of furan rings is 1. The largest absolute Gasteiger partial charge is 0.462 e. The number of rotatable bonds is 2. The zero-order valence-electron chi connectivity index (χ0n) is 10.6. The highest BCUT2D eigenvalue weighted by molar-refractivity contribution is 8.27. The predicted molar refractivity (Wildman–Crippen MR) is 83.3 cm³/mol. The molecule has 0 spiro atoms. The summed E-state index contributed by atoms with van der Waals surface area (Å²) in [6.07, 6.45) is 4.98. The van der Waals surface area contributed by atoms with Crippen molar-refractivity contribution in [1.29, 1.82) is 0 Å². The number of hydrogen-bond acceptors (Lipinski definition) is 5. The summed E-state index contributed by atoms with van der Waals surface area (Å²) in [6.45, 7) is 1.86. The second-order valence-electron chi connectivity index (χ2n) is 4.18. The van der Waals surface area contributed by atoms with E-state index >= 15 is 0 Å². The van der Waals surface area contributed by atoms with E-state index in [1.165, 1.54) is 16.7 Å². The lowest BCUT2D eigenvalue weighted by molar-refractivity contribution is -0.113. The molecule has 20 heavy (non-hydrogen) atoms. The van der Waals surface area contributed by atoms with Gasteiger partial charge >= 0.3 is 0 Å². The van der Waals surface area contributed by atoms with Crippen molar-refractivity contribution < 1.29 is 9.21 Å². The van der Waals surface area contributed by atoms with Gasteiger partial charge in [-0.2, -0.15) is 0 Å². The maximum absolute atomic E-state index is 12.4. The van der Waals surface area contributed by atoms with Crippen LogP contribution in [0.4, 0.5) is 5.69 Å². The Morgan fingerprint density at radius 1 is 1.40 bits per heavy atom. The summed E-state index contributed by atoms with van der Waals surface area (Å²) in [6, 6.07) is 7.25. The predicted octanol–water partition coefficient (Wildman–Crippen LogP) is 3.39. The molecular formula is C14H10N2O2S2. The number of hydrogen-bond donors (Lipinski definition) is 0. The summed E-state index contributed by atoms with van der Waals surface area (Å²) in [4.78, 5) is 18.4. The Hall–Kier alpha value is -1.92. The molecule has 2 aromatic heterocycles. The van der Waals surface area contributed by atoms with E-state index in [1.807, 2.05) is 19.1 Å². The highest BCUT2D eigenvalue weighted by Gasteiger charge is 2.33. The van der Waals surface area contributed by atoms with Crippen molar-refractivity contribution in [2.24, 2.45) is 0 Å². The Balaban J connectivity index is 1.93. The van der Waals surface area contributed by atoms with E-state index in [1.54, 1.807) is 30.6 Å². The standard InChI is InChI=1S/C14H10N2O2S2/c1-9-4-5-11(18-9)7-12-13(17)16(14(19)20-12)10-3-2-6-15-8-10/h2-8H,1H3. The number of aromatic nitrogens is 1. The molecule has 1 fully saturated rings. The molecule has 6 heteroatoms. The summed E-state index contributed by atoms with van der Waals surface area (Å²) in [7, 11) is 0. The zero-order chi connectivity index (χ0) is 14.1. The van der Waals surface area contributed by atoms with Crippen LogP contribution in [0.2, 0.25) is 0 Å². The van der Waals surface area contributed by atoms with E-state index in [9.17, 15) is 4.79 Å². The number of carbonyl (C=O) groups is 1. The van der Waals surface area contributed by atoms with Gasteiger partial charge in [0.2, 0.25) is 0 Å². The van der Waals surface area contributed by atoms with Crippen LogP contribution in [0.3, 0.4) is 0 Å². The van der Waals surface area contributed by atoms with Crippen molar-refractivity contribution >= 4 is 46.0 Å². The van der Waals surface area contributed by atoms with Gasteiger partial charge in [0, 0.05) is 12.3 Å². The Morgan fingerprint density at radius 2 is 2.25 bits per heavy atom. The lowest BCUT2D eigenvalue weighted by Crippen LogP contribution is -2.27. The molecule has 0 aliphatic carbocycles. The molecular weight excluding hydrogens is 292 g/mol. The first-order valence-corrected chi connectivity index (χ1v) is 7.12. The lowest BCUT2D eigenvalue weighted by Gasteiger charge is -2.13. The highest BCUT2D eigenvalue weighted by Crippen LogP contribution is 2.35. The van der Waals surface area contributed by atoms with Gasteiger partial charge in [-0.1, -0.05) is 24.0 Å². The minimum absolute atomic E-state index is 0.151. The third-order valence-corrected chi connectivity index (χ3v) is 4.03. The van der Waals surface area contributed by atoms with E-state index in [0.717, 1.165) is 5.76 Å². The number of thioether (sulfide) groups is 1. The molecule has 0 bridgehead atoms. The van der Waals surface area contributed by atoms with Gasteiger partial charge in [0.25, 0.3) is 5.91 Å². The van der Waals surface area contributed by atoms with Crippen molar-refractivity contribution in [3.8, 4) is 0 Å². The van der Waals surface area contributed by atoms with Crippen LogP contribution in [0.5, 0.6) is 0 Å². The van der Waals surface area contributed by atoms with Crippen LogP contribution < -0.4 is 4.90 Å². The number of amides is 1. The van der Waals surface area contributed by atoms with E-state index in [-0.39, 0.29) is 5.91 Å². The summed E-state index contributed by atoms with van der Waals surface area (Å²) in [5.41, 5.74) is 0.675. The fourth-order valence-corrected chi connectivity index (χ4v) is 3.12. The van der Waals surface area contributed by atoms with E-state index in [4.69, 9.17) is 16.6 Å². The van der Waals surface area contributed by atoms with E-state index in [2.05, 4.69) is 4.98 Å². The number of carbonyl (C=O) groups excluding carboxylic acids is 1. The van der Waals surface area contributed by atoms with Crippen molar-refractivity contribution in [3.05, 3.63) is 53.1 Å². The summed E-state index contributed by atoms with van der Waals surface area (Å²) >= 11 is 6.53. The van der Waals surface area contributed by atoms with Gasteiger partial charge in [0.1, 0.15) is 11.5 Å². The maximum atomic E-state index is 12.4.